The lowest BCUT2D eigenvalue weighted by atomic mass is 10.2. The molecule has 3 rings (SSSR count). The van der Waals surface area contributed by atoms with E-state index in [4.69, 9.17) is 15.5 Å². The highest BCUT2D eigenvalue weighted by Crippen LogP contribution is 2.32. The number of rotatable bonds is 4. The van der Waals surface area contributed by atoms with Crippen LogP contribution in [0.4, 0.5) is 23.1 Å². The SMILES string of the molecule is COc1ccc(N(C)c2nc(N(C)C)nc3ccc(N)cc23)cc1. The Balaban J connectivity index is 2.16. The van der Waals surface area contributed by atoms with Crippen LogP contribution in [0.25, 0.3) is 10.9 Å². The predicted octanol–water partition coefficient (Wildman–Crippen LogP) is 3.05. The van der Waals surface area contributed by atoms with Crippen LogP contribution >= 0.6 is 0 Å². The number of ether oxygens (including phenoxy) is 1. The average Bonchev–Trinajstić information content (AvgIpc) is 2.60. The summed E-state index contributed by atoms with van der Waals surface area (Å²) in [7, 11) is 7.49. The van der Waals surface area contributed by atoms with Gasteiger partial charge in [-0.15, -0.1) is 0 Å². The molecule has 1 heterocycles. The number of nitrogens with zero attached hydrogens (tertiary/aromatic N) is 4. The van der Waals surface area contributed by atoms with Crippen molar-refractivity contribution in [2.75, 3.05) is 43.8 Å². The first-order valence-electron chi connectivity index (χ1n) is 7.62. The lowest BCUT2D eigenvalue weighted by Crippen LogP contribution is -2.17. The van der Waals surface area contributed by atoms with Crippen LogP contribution < -0.4 is 20.3 Å². The fraction of sp³-hybridized carbons (Fsp3) is 0.222. The zero-order valence-corrected chi connectivity index (χ0v) is 14.3. The van der Waals surface area contributed by atoms with Crippen molar-refractivity contribution < 1.29 is 4.74 Å². The first-order valence-corrected chi connectivity index (χ1v) is 7.62. The number of nitrogens with two attached hydrogens (primary N) is 1. The van der Waals surface area contributed by atoms with E-state index in [0.29, 0.717) is 11.6 Å². The standard InChI is InChI=1S/C18H21N5O/c1-22(2)18-20-16-10-5-12(19)11-15(16)17(21-18)23(3)13-6-8-14(24-4)9-7-13/h5-11H,19H2,1-4H3. The van der Waals surface area contributed by atoms with E-state index >= 15 is 0 Å². The van der Waals surface area contributed by atoms with Gasteiger partial charge < -0.3 is 20.3 Å². The van der Waals surface area contributed by atoms with Gasteiger partial charge in [-0.3, -0.25) is 0 Å². The fourth-order valence-corrected chi connectivity index (χ4v) is 2.50. The van der Waals surface area contributed by atoms with Gasteiger partial charge in [0.15, 0.2) is 0 Å². The zero-order chi connectivity index (χ0) is 17.3. The van der Waals surface area contributed by atoms with Gasteiger partial charge in [-0.1, -0.05) is 0 Å². The molecule has 6 nitrogen and oxygen atoms in total. The molecule has 0 saturated heterocycles. The van der Waals surface area contributed by atoms with Crippen molar-refractivity contribution in [3.8, 4) is 5.75 Å². The molecule has 0 bridgehead atoms. The molecule has 2 aromatic carbocycles. The van der Waals surface area contributed by atoms with E-state index in [1.54, 1.807) is 7.11 Å². The Labute approximate surface area is 141 Å². The van der Waals surface area contributed by atoms with Crippen LogP contribution in [0.1, 0.15) is 0 Å². The molecule has 0 saturated carbocycles. The van der Waals surface area contributed by atoms with E-state index in [0.717, 1.165) is 28.2 Å². The summed E-state index contributed by atoms with van der Waals surface area (Å²) >= 11 is 0. The van der Waals surface area contributed by atoms with Gasteiger partial charge >= 0.3 is 0 Å². The molecule has 124 valence electrons. The van der Waals surface area contributed by atoms with Crippen molar-refractivity contribution in [2.45, 2.75) is 0 Å². The molecule has 0 spiro atoms. The Morgan fingerprint density at radius 1 is 0.958 bits per heavy atom. The Bertz CT molecular complexity index is 861. The van der Waals surface area contributed by atoms with Crippen molar-refractivity contribution in [3.63, 3.8) is 0 Å². The molecular formula is C18H21N5O. The molecule has 0 aliphatic heterocycles. The van der Waals surface area contributed by atoms with E-state index < -0.39 is 0 Å². The van der Waals surface area contributed by atoms with Crippen molar-refractivity contribution in [2.24, 2.45) is 0 Å². The molecule has 2 N–H and O–H groups in total. The molecule has 0 aliphatic rings. The smallest absolute Gasteiger partial charge is 0.227 e. The van der Waals surface area contributed by atoms with Gasteiger partial charge in [0.05, 0.1) is 12.6 Å². The second-order valence-corrected chi connectivity index (χ2v) is 5.78. The summed E-state index contributed by atoms with van der Waals surface area (Å²) in [5, 5.41) is 0.916. The second kappa shape index (κ2) is 6.23. The highest BCUT2D eigenvalue weighted by Gasteiger charge is 2.14. The number of aromatic nitrogens is 2. The molecule has 0 atom stereocenters. The zero-order valence-electron chi connectivity index (χ0n) is 14.3. The third-order valence-corrected chi connectivity index (χ3v) is 3.87. The van der Waals surface area contributed by atoms with Gasteiger partial charge in [-0.25, -0.2) is 4.98 Å². The van der Waals surface area contributed by atoms with E-state index in [1.165, 1.54) is 0 Å². The minimum Gasteiger partial charge on any atom is -0.497 e. The van der Waals surface area contributed by atoms with Gasteiger partial charge in [0.25, 0.3) is 0 Å². The third kappa shape index (κ3) is 2.90. The number of anilines is 4. The topological polar surface area (TPSA) is 67.5 Å². The maximum Gasteiger partial charge on any atom is 0.227 e. The minimum absolute atomic E-state index is 0.655. The number of hydrogen-bond donors (Lipinski definition) is 1. The van der Waals surface area contributed by atoms with Crippen LogP contribution in [-0.2, 0) is 0 Å². The summed E-state index contributed by atoms with van der Waals surface area (Å²) in [5.41, 5.74) is 8.52. The molecule has 0 unspecified atom stereocenters. The first-order chi connectivity index (χ1) is 11.5. The van der Waals surface area contributed by atoms with Crippen molar-refractivity contribution in [1.82, 2.24) is 9.97 Å². The third-order valence-electron chi connectivity index (χ3n) is 3.87. The molecule has 1 aromatic heterocycles. The largest absolute Gasteiger partial charge is 0.497 e. The van der Waals surface area contributed by atoms with Gasteiger partial charge in [0.1, 0.15) is 11.6 Å². The van der Waals surface area contributed by atoms with Crippen molar-refractivity contribution in [1.29, 1.82) is 0 Å². The van der Waals surface area contributed by atoms with Crippen LogP contribution in [-0.4, -0.2) is 38.2 Å². The molecule has 0 fully saturated rings. The van der Waals surface area contributed by atoms with Gasteiger partial charge in [-0.2, -0.15) is 4.98 Å². The van der Waals surface area contributed by atoms with E-state index in [9.17, 15) is 0 Å². The van der Waals surface area contributed by atoms with Crippen LogP contribution in [0.2, 0.25) is 0 Å². The second-order valence-electron chi connectivity index (χ2n) is 5.78. The van der Waals surface area contributed by atoms with E-state index in [2.05, 4.69) is 4.98 Å². The first kappa shape index (κ1) is 15.9. The number of nitrogen functional groups attached to an aromatic ring is 1. The summed E-state index contributed by atoms with van der Waals surface area (Å²) in [4.78, 5) is 13.2. The van der Waals surface area contributed by atoms with Crippen LogP contribution in [0.5, 0.6) is 5.75 Å². The number of hydrogen-bond acceptors (Lipinski definition) is 6. The summed E-state index contributed by atoms with van der Waals surface area (Å²) in [5.74, 6) is 2.28. The van der Waals surface area contributed by atoms with E-state index in [1.807, 2.05) is 73.4 Å². The summed E-state index contributed by atoms with van der Waals surface area (Å²) in [6.45, 7) is 0. The lowest BCUT2D eigenvalue weighted by Gasteiger charge is -2.22. The number of fused-ring (bicyclic) bond motifs is 1. The molecule has 0 aliphatic carbocycles. The quantitative estimate of drug-likeness (QED) is 0.744. The van der Waals surface area contributed by atoms with Crippen molar-refractivity contribution >= 4 is 34.0 Å². The molecular weight excluding hydrogens is 302 g/mol. The maximum atomic E-state index is 5.97. The maximum absolute atomic E-state index is 5.97. The molecule has 0 radical (unpaired) electrons. The minimum atomic E-state index is 0.655. The van der Waals surface area contributed by atoms with Gasteiger partial charge in [0, 0.05) is 37.9 Å². The summed E-state index contributed by atoms with van der Waals surface area (Å²) in [6, 6.07) is 13.5. The summed E-state index contributed by atoms with van der Waals surface area (Å²) < 4.78 is 5.22. The Morgan fingerprint density at radius 3 is 2.29 bits per heavy atom. The Morgan fingerprint density at radius 2 is 1.67 bits per heavy atom. The Kier molecular flexibility index (Phi) is 4.12. The van der Waals surface area contributed by atoms with Crippen molar-refractivity contribution in [3.05, 3.63) is 42.5 Å². The predicted molar refractivity (Wildman–Crippen MR) is 99.3 cm³/mol. The molecule has 24 heavy (non-hydrogen) atoms. The lowest BCUT2D eigenvalue weighted by molar-refractivity contribution is 0.415. The van der Waals surface area contributed by atoms with Crippen LogP contribution in [0.3, 0.4) is 0 Å². The number of benzene rings is 2. The molecule has 3 aromatic rings. The van der Waals surface area contributed by atoms with Crippen LogP contribution in [0, 0.1) is 0 Å². The Hall–Kier alpha value is -3.02. The van der Waals surface area contributed by atoms with Gasteiger partial charge in [-0.05, 0) is 42.5 Å². The molecule has 6 heteroatoms. The monoisotopic (exact) mass is 323 g/mol. The highest BCUT2D eigenvalue weighted by atomic mass is 16.5. The highest BCUT2D eigenvalue weighted by molar-refractivity contribution is 5.94. The van der Waals surface area contributed by atoms with Crippen LogP contribution in [0.15, 0.2) is 42.5 Å². The average molecular weight is 323 g/mol. The number of methoxy groups -OCH3 is 1. The van der Waals surface area contributed by atoms with E-state index in [-0.39, 0.29) is 0 Å². The molecule has 0 amide bonds. The normalized spacial score (nSPS) is 10.7. The summed E-state index contributed by atoms with van der Waals surface area (Å²) in [6.07, 6.45) is 0. The fourth-order valence-electron chi connectivity index (χ4n) is 2.50. The van der Waals surface area contributed by atoms with Gasteiger partial charge in [0.2, 0.25) is 5.95 Å².